The van der Waals surface area contributed by atoms with E-state index in [0.29, 0.717) is 11.5 Å². The minimum Gasteiger partial charge on any atom is -0.350 e. The third-order valence-electron chi connectivity index (χ3n) is 3.20. The number of benzene rings is 1. The van der Waals surface area contributed by atoms with Gasteiger partial charge in [0, 0.05) is 31.5 Å². The molecule has 0 bridgehead atoms. The lowest BCUT2D eigenvalue weighted by Gasteiger charge is -2.20. The number of aromatic nitrogens is 2. The largest absolute Gasteiger partial charge is 0.350 e. The molecular formula is C17H22N4O. The molecule has 116 valence electrons. The summed E-state index contributed by atoms with van der Waals surface area (Å²) in [5, 5.41) is 2.83. The quantitative estimate of drug-likeness (QED) is 0.890. The van der Waals surface area contributed by atoms with E-state index >= 15 is 0 Å². The van der Waals surface area contributed by atoms with Gasteiger partial charge in [0.05, 0.1) is 5.56 Å². The van der Waals surface area contributed by atoms with E-state index in [9.17, 15) is 4.79 Å². The summed E-state index contributed by atoms with van der Waals surface area (Å²) < 4.78 is 0. The monoisotopic (exact) mass is 298 g/mol. The smallest absolute Gasteiger partial charge is 0.254 e. The lowest BCUT2D eigenvalue weighted by Crippen LogP contribution is -2.30. The highest BCUT2D eigenvalue weighted by molar-refractivity contribution is 5.93. The maximum absolute atomic E-state index is 11.9. The van der Waals surface area contributed by atoms with Crippen molar-refractivity contribution in [3.63, 3.8) is 0 Å². The number of amides is 1. The average molecular weight is 298 g/mol. The van der Waals surface area contributed by atoms with Gasteiger partial charge in [-0.1, -0.05) is 30.3 Å². The number of hydrogen-bond acceptors (Lipinski definition) is 4. The Labute approximate surface area is 131 Å². The molecule has 1 aromatic carbocycles. The Balaban J connectivity index is 2.09. The van der Waals surface area contributed by atoms with E-state index in [2.05, 4.69) is 39.2 Å². The first-order chi connectivity index (χ1) is 10.6. The van der Waals surface area contributed by atoms with Gasteiger partial charge in [-0.2, -0.15) is 0 Å². The highest BCUT2D eigenvalue weighted by Crippen LogP contribution is 2.12. The third-order valence-corrected chi connectivity index (χ3v) is 3.20. The predicted octanol–water partition coefficient (Wildman–Crippen LogP) is 2.64. The van der Waals surface area contributed by atoms with Crippen molar-refractivity contribution in [1.29, 1.82) is 0 Å². The van der Waals surface area contributed by atoms with Gasteiger partial charge >= 0.3 is 0 Å². The topological polar surface area (TPSA) is 58.1 Å². The van der Waals surface area contributed by atoms with E-state index in [4.69, 9.17) is 0 Å². The molecule has 0 aliphatic heterocycles. The van der Waals surface area contributed by atoms with Gasteiger partial charge in [-0.3, -0.25) is 4.79 Å². The van der Waals surface area contributed by atoms with Crippen molar-refractivity contribution in [3.8, 4) is 0 Å². The molecule has 0 fully saturated rings. The second-order valence-corrected chi connectivity index (χ2v) is 5.40. The number of carbonyl (C=O) groups is 1. The number of hydrogen-bond donors (Lipinski definition) is 1. The van der Waals surface area contributed by atoms with Gasteiger partial charge in [-0.15, -0.1) is 0 Å². The third kappa shape index (κ3) is 4.28. The molecule has 1 heterocycles. The SMILES string of the molecule is CCN(Cc1ccccc1)c1ncc(C(=O)NC(C)C)cn1. The molecule has 5 nitrogen and oxygen atoms in total. The van der Waals surface area contributed by atoms with Crippen LogP contribution in [0.2, 0.25) is 0 Å². The Morgan fingerprint density at radius 3 is 2.36 bits per heavy atom. The molecule has 1 aromatic heterocycles. The summed E-state index contributed by atoms with van der Waals surface area (Å²) in [6, 6.07) is 10.3. The van der Waals surface area contributed by atoms with Crippen LogP contribution in [-0.2, 0) is 6.54 Å². The van der Waals surface area contributed by atoms with Crippen LogP contribution in [0.4, 0.5) is 5.95 Å². The molecule has 0 aliphatic carbocycles. The summed E-state index contributed by atoms with van der Waals surface area (Å²) in [7, 11) is 0. The van der Waals surface area contributed by atoms with Gasteiger partial charge in [0.25, 0.3) is 5.91 Å². The molecule has 0 saturated heterocycles. The number of nitrogens with zero attached hydrogens (tertiary/aromatic N) is 3. The normalized spacial score (nSPS) is 10.5. The molecule has 0 spiro atoms. The van der Waals surface area contributed by atoms with Crippen molar-refractivity contribution < 1.29 is 4.79 Å². The van der Waals surface area contributed by atoms with Gasteiger partial charge in [0.2, 0.25) is 5.95 Å². The number of rotatable bonds is 6. The summed E-state index contributed by atoms with van der Waals surface area (Å²) in [5.41, 5.74) is 1.68. The second kappa shape index (κ2) is 7.54. The molecule has 0 radical (unpaired) electrons. The fourth-order valence-corrected chi connectivity index (χ4v) is 2.08. The summed E-state index contributed by atoms with van der Waals surface area (Å²) in [4.78, 5) is 22.6. The van der Waals surface area contributed by atoms with Gasteiger partial charge in [0.1, 0.15) is 0 Å². The van der Waals surface area contributed by atoms with Crippen LogP contribution in [0.25, 0.3) is 0 Å². The van der Waals surface area contributed by atoms with E-state index in [1.54, 1.807) is 12.4 Å². The van der Waals surface area contributed by atoms with Gasteiger partial charge in [0.15, 0.2) is 0 Å². The van der Waals surface area contributed by atoms with Crippen LogP contribution in [0.1, 0.15) is 36.7 Å². The Morgan fingerprint density at radius 2 is 1.82 bits per heavy atom. The summed E-state index contributed by atoms with van der Waals surface area (Å²) in [5.74, 6) is 0.486. The van der Waals surface area contributed by atoms with Crippen molar-refractivity contribution in [1.82, 2.24) is 15.3 Å². The summed E-state index contributed by atoms with van der Waals surface area (Å²) >= 11 is 0. The molecule has 5 heteroatoms. The first-order valence-electron chi connectivity index (χ1n) is 7.52. The second-order valence-electron chi connectivity index (χ2n) is 5.40. The standard InChI is InChI=1S/C17H22N4O/c1-4-21(12-14-8-6-5-7-9-14)17-18-10-15(11-19-17)16(22)20-13(2)3/h5-11,13H,4,12H2,1-3H3,(H,20,22). The van der Waals surface area contributed by atoms with E-state index in [-0.39, 0.29) is 11.9 Å². The van der Waals surface area contributed by atoms with E-state index in [1.165, 1.54) is 5.56 Å². The highest BCUT2D eigenvalue weighted by atomic mass is 16.1. The lowest BCUT2D eigenvalue weighted by molar-refractivity contribution is 0.0942. The zero-order valence-electron chi connectivity index (χ0n) is 13.3. The average Bonchev–Trinajstić information content (AvgIpc) is 2.53. The maximum Gasteiger partial charge on any atom is 0.254 e. The Bertz CT molecular complexity index is 596. The van der Waals surface area contributed by atoms with Crippen molar-refractivity contribution in [2.24, 2.45) is 0 Å². The molecular weight excluding hydrogens is 276 g/mol. The molecule has 0 unspecified atom stereocenters. The molecule has 2 rings (SSSR count). The predicted molar refractivity (Wildman–Crippen MR) is 87.8 cm³/mol. The van der Waals surface area contributed by atoms with Crippen molar-refractivity contribution in [2.75, 3.05) is 11.4 Å². The van der Waals surface area contributed by atoms with Crippen LogP contribution in [-0.4, -0.2) is 28.5 Å². The molecule has 0 saturated carbocycles. The van der Waals surface area contributed by atoms with Crippen LogP contribution < -0.4 is 10.2 Å². The zero-order valence-corrected chi connectivity index (χ0v) is 13.3. The first-order valence-corrected chi connectivity index (χ1v) is 7.52. The molecule has 0 atom stereocenters. The number of anilines is 1. The number of nitrogens with one attached hydrogen (secondary N) is 1. The van der Waals surface area contributed by atoms with Crippen molar-refractivity contribution >= 4 is 11.9 Å². The van der Waals surface area contributed by atoms with Crippen LogP contribution in [0, 0.1) is 0 Å². The molecule has 22 heavy (non-hydrogen) atoms. The van der Waals surface area contributed by atoms with Gasteiger partial charge < -0.3 is 10.2 Å². The first kappa shape index (κ1) is 15.9. The number of carbonyl (C=O) groups excluding carboxylic acids is 1. The van der Waals surface area contributed by atoms with E-state index < -0.39 is 0 Å². The Hall–Kier alpha value is -2.43. The maximum atomic E-state index is 11.9. The van der Waals surface area contributed by atoms with Gasteiger partial charge in [-0.25, -0.2) is 9.97 Å². The van der Waals surface area contributed by atoms with E-state index in [1.807, 2.05) is 32.0 Å². The van der Waals surface area contributed by atoms with Crippen LogP contribution in [0.5, 0.6) is 0 Å². The van der Waals surface area contributed by atoms with E-state index in [0.717, 1.165) is 13.1 Å². The molecule has 0 aliphatic rings. The van der Waals surface area contributed by atoms with Crippen molar-refractivity contribution in [3.05, 3.63) is 53.9 Å². The van der Waals surface area contributed by atoms with Crippen molar-refractivity contribution in [2.45, 2.75) is 33.4 Å². The summed E-state index contributed by atoms with van der Waals surface area (Å²) in [6.07, 6.45) is 3.15. The van der Waals surface area contributed by atoms with Crippen LogP contribution in [0.3, 0.4) is 0 Å². The Kier molecular flexibility index (Phi) is 5.47. The fourth-order valence-electron chi connectivity index (χ4n) is 2.08. The minimum atomic E-state index is -0.146. The van der Waals surface area contributed by atoms with Crippen LogP contribution >= 0.6 is 0 Å². The zero-order chi connectivity index (χ0) is 15.9. The molecule has 1 N–H and O–H groups in total. The molecule has 1 amide bonds. The molecule has 2 aromatic rings. The summed E-state index contributed by atoms with van der Waals surface area (Å²) in [6.45, 7) is 7.45. The van der Waals surface area contributed by atoms with Gasteiger partial charge in [-0.05, 0) is 26.3 Å². The fraction of sp³-hybridized carbons (Fsp3) is 0.353. The minimum absolute atomic E-state index is 0.0948. The Morgan fingerprint density at radius 1 is 1.18 bits per heavy atom. The lowest BCUT2D eigenvalue weighted by atomic mass is 10.2. The van der Waals surface area contributed by atoms with Crippen LogP contribution in [0.15, 0.2) is 42.7 Å². The highest BCUT2D eigenvalue weighted by Gasteiger charge is 2.11.